The number of aromatic nitrogens is 4. The zero-order chi connectivity index (χ0) is 20.5. The van der Waals surface area contributed by atoms with E-state index < -0.39 is 6.17 Å². The third kappa shape index (κ3) is 2.60. The van der Waals surface area contributed by atoms with Gasteiger partial charge in [0.15, 0.2) is 5.65 Å². The number of hydrogen-bond acceptors (Lipinski definition) is 6. The van der Waals surface area contributed by atoms with E-state index in [-0.39, 0.29) is 17.3 Å². The summed E-state index contributed by atoms with van der Waals surface area (Å²) in [5, 5.41) is 24.6. The summed E-state index contributed by atoms with van der Waals surface area (Å²) in [6, 6.07) is 7.22. The number of fused-ring (bicyclic) bond motifs is 2. The average molecular weight is 424 g/mol. The van der Waals surface area contributed by atoms with E-state index in [1.807, 2.05) is 35.9 Å². The first-order chi connectivity index (χ1) is 14.5. The van der Waals surface area contributed by atoms with Crippen LogP contribution in [0.5, 0.6) is 5.75 Å². The van der Waals surface area contributed by atoms with E-state index >= 15 is 4.39 Å². The van der Waals surface area contributed by atoms with Crippen LogP contribution in [0.2, 0.25) is 0 Å². The Bertz CT molecular complexity index is 1280. The number of hydrogen-bond donors (Lipinski definition) is 2. The van der Waals surface area contributed by atoms with Gasteiger partial charge in [-0.05, 0) is 57.4 Å². The van der Waals surface area contributed by atoms with Gasteiger partial charge in [-0.2, -0.15) is 0 Å². The number of alkyl halides is 1. The maximum atomic E-state index is 15.4. The molecule has 1 spiro atoms. The number of benzene rings is 1. The zero-order valence-electron chi connectivity index (χ0n) is 16.6. The standard InChI is InChI=1S/C22H22FN5OS/c1-12-25-16-10-14(18(29)11-19(16)30-12)15-9-13-4-8-28(21(13)27-26-15)17-3-7-24-22(20(17)23)5-2-6-22/h4,8-11,17,20,24,29H,2-3,5-7H2,1H3/t17-,20-/m0/s1. The zero-order valence-corrected chi connectivity index (χ0v) is 17.4. The fraction of sp³-hybridized carbons (Fsp3) is 0.409. The molecule has 1 aromatic carbocycles. The Morgan fingerprint density at radius 3 is 2.93 bits per heavy atom. The maximum absolute atomic E-state index is 15.4. The number of aryl methyl sites for hydroxylation is 1. The molecule has 4 heterocycles. The normalized spacial score (nSPS) is 23.3. The lowest BCUT2D eigenvalue weighted by molar-refractivity contribution is 0.00656. The van der Waals surface area contributed by atoms with Gasteiger partial charge in [-0.1, -0.05) is 0 Å². The van der Waals surface area contributed by atoms with Crippen LogP contribution in [0, 0.1) is 6.92 Å². The second kappa shape index (κ2) is 6.46. The van der Waals surface area contributed by atoms with Crippen LogP contribution >= 0.6 is 11.3 Å². The molecule has 1 saturated heterocycles. The summed E-state index contributed by atoms with van der Waals surface area (Å²) in [4.78, 5) is 4.51. The molecule has 1 aliphatic heterocycles. The minimum atomic E-state index is -0.934. The number of nitrogens with zero attached hydrogens (tertiary/aromatic N) is 4. The fourth-order valence-electron chi connectivity index (χ4n) is 5.01. The van der Waals surface area contributed by atoms with E-state index in [1.165, 1.54) is 0 Å². The highest BCUT2D eigenvalue weighted by Gasteiger charge is 2.50. The second-order valence-electron chi connectivity index (χ2n) is 8.50. The largest absolute Gasteiger partial charge is 0.507 e. The molecule has 2 aliphatic rings. The van der Waals surface area contributed by atoms with Gasteiger partial charge >= 0.3 is 0 Å². The maximum Gasteiger partial charge on any atom is 0.162 e. The van der Waals surface area contributed by atoms with Gasteiger partial charge in [-0.3, -0.25) is 0 Å². The highest BCUT2D eigenvalue weighted by Crippen LogP contribution is 2.45. The van der Waals surface area contributed by atoms with Crippen molar-refractivity contribution in [2.24, 2.45) is 0 Å². The van der Waals surface area contributed by atoms with Crippen molar-refractivity contribution in [3.8, 4) is 17.0 Å². The van der Waals surface area contributed by atoms with Crippen LogP contribution in [0.3, 0.4) is 0 Å². The van der Waals surface area contributed by atoms with E-state index in [2.05, 4.69) is 20.5 Å². The Morgan fingerprint density at radius 2 is 2.13 bits per heavy atom. The fourth-order valence-corrected chi connectivity index (χ4v) is 5.85. The molecule has 2 atom stereocenters. The smallest absolute Gasteiger partial charge is 0.162 e. The van der Waals surface area contributed by atoms with E-state index in [0.29, 0.717) is 16.9 Å². The number of halogens is 1. The quantitative estimate of drug-likeness (QED) is 0.496. The Balaban J connectivity index is 1.40. The van der Waals surface area contributed by atoms with Crippen molar-refractivity contribution in [3.05, 3.63) is 35.5 Å². The van der Waals surface area contributed by atoms with Crippen molar-refractivity contribution in [2.45, 2.75) is 50.4 Å². The number of phenolic OH excluding ortho intramolecular Hbond substituents is 1. The van der Waals surface area contributed by atoms with Crippen LogP contribution < -0.4 is 5.32 Å². The molecule has 1 aliphatic carbocycles. The van der Waals surface area contributed by atoms with Crippen LogP contribution in [-0.4, -0.2) is 43.1 Å². The predicted octanol–water partition coefficient (Wildman–Crippen LogP) is 4.52. The molecule has 0 amide bonds. The van der Waals surface area contributed by atoms with Gasteiger partial charge in [0, 0.05) is 23.2 Å². The molecule has 4 aromatic rings. The van der Waals surface area contributed by atoms with E-state index in [9.17, 15) is 5.11 Å². The minimum absolute atomic E-state index is 0.160. The summed E-state index contributed by atoms with van der Waals surface area (Å²) < 4.78 is 18.3. The van der Waals surface area contributed by atoms with Gasteiger partial charge in [0.2, 0.25) is 0 Å². The number of thiazole rings is 1. The average Bonchev–Trinajstić information content (AvgIpc) is 3.28. The van der Waals surface area contributed by atoms with E-state index in [0.717, 1.165) is 52.8 Å². The van der Waals surface area contributed by atoms with Crippen LogP contribution in [0.4, 0.5) is 4.39 Å². The van der Waals surface area contributed by atoms with Gasteiger partial charge in [0.05, 0.1) is 32.5 Å². The summed E-state index contributed by atoms with van der Waals surface area (Å²) in [7, 11) is 0. The Hall–Kier alpha value is -2.58. The lowest BCUT2D eigenvalue weighted by Crippen LogP contribution is -2.63. The summed E-state index contributed by atoms with van der Waals surface area (Å²) in [5.74, 6) is 0.160. The van der Waals surface area contributed by atoms with Crippen molar-refractivity contribution in [2.75, 3.05) is 6.54 Å². The second-order valence-corrected chi connectivity index (χ2v) is 9.73. The van der Waals surface area contributed by atoms with Gasteiger partial charge in [0.1, 0.15) is 11.9 Å². The van der Waals surface area contributed by atoms with Crippen LogP contribution in [0.25, 0.3) is 32.5 Å². The number of piperidine rings is 1. The molecule has 6 nitrogen and oxygen atoms in total. The predicted molar refractivity (Wildman–Crippen MR) is 116 cm³/mol. The topological polar surface area (TPSA) is 75.9 Å². The van der Waals surface area contributed by atoms with Gasteiger partial charge in [-0.25, -0.2) is 9.37 Å². The molecule has 6 rings (SSSR count). The molecule has 0 bridgehead atoms. The molecular formula is C22H22FN5OS. The first kappa shape index (κ1) is 18.2. The SMILES string of the molecule is Cc1nc2cc(-c3cc4ccn([C@H]5CCNC6(CCC6)[C@H]5F)c4nn3)c(O)cc2s1. The van der Waals surface area contributed by atoms with Crippen LogP contribution in [0.15, 0.2) is 30.5 Å². The summed E-state index contributed by atoms with van der Waals surface area (Å²) in [6.45, 7) is 2.76. The van der Waals surface area contributed by atoms with E-state index in [4.69, 9.17) is 0 Å². The highest BCUT2D eigenvalue weighted by molar-refractivity contribution is 7.18. The highest BCUT2D eigenvalue weighted by atomic mass is 32.1. The number of phenols is 1. The summed E-state index contributed by atoms with van der Waals surface area (Å²) in [6.07, 6.45) is 4.61. The van der Waals surface area contributed by atoms with Crippen LogP contribution in [0.1, 0.15) is 36.7 Å². The monoisotopic (exact) mass is 423 g/mol. The number of rotatable bonds is 2. The Labute approximate surface area is 176 Å². The minimum Gasteiger partial charge on any atom is -0.507 e. The molecule has 0 unspecified atom stereocenters. The van der Waals surface area contributed by atoms with Gasteiger partial charge < -0.3 is 15.0 Å². The molecule has 0 radical (unpaired) electrons. The summed E-state index contributed by atoms with van der Waals surface area (Å²) in [5.41, 5.74) is 2.36. The Morgan fingerprint density at radius 1 is 1.27 bits per heavy atom. The first-order valence-corrected chi connectivity index (χ1v) is 11.2. The van der Waals surface area contributed by atoms with Crippen molar-refractivity contribution >= 4 is 32.6 Å². The van der Waals surface area contributed by atoms with Crippen molar-refractivity contribution in [3.63, 3.8) is 0 Å². The molecular weight excluding hydrogens is 401 g/mol. The molecule has 30 heavy (non-hydrogen) atoms. The molecule has 154 valence electrons. The third-order valence-electron chi connectivity index (χ3n) is 6.74. The van der Waals surface area contributed by atoms with E-state index in [1.54, 1.807) is 17.4 Å². The molecule has 1 saturated carbocycles. The first-order valence-electron chi connectivity index (χ1n) is 10.4. The molecule has 2 N–H and O–H groups in total. The molecule has 2 fully saturated rings. The van der Waals surface area contributed by atoms with Crippen molar-refractivity contribution in [1.29, 1.82) is 0 Å². The Kier molecular flexibility index (Phi) is 3.92. The number of aromatic hydroxyl groups is 1. The van der Waals surface area contributed by atoms with Gasteiger partial charge in [0.25, 0.3) is 0 Å². The molecule has 3 aromatic heterocycles. The number of nitrogens with one attached hydrogen (secondary N) is 1. The lowest BCUT2D eigenvalue weighted by atomic mass is 9.69. The van der Waals surface area contributed by atoms with Crippen LogP contribution in [-0.2, 0) is 0 Å². The van der Waals surface area contributed by atoms with Crippen molar-refractivity contribution < 1.29 is 9.50 Å². The lowest BCUT2D eigenvalue weighted by Gasteiger charge is -2.51. The van der Waals surface area contributed by atoms with Crippen molar-refractivity contribution in [1.82, 2.24) is 25.1 Å². The van der Waals surface area contributed by atoms with Gasteiger partial charge in [-0.15, -0.1) is 21.5 Å². The summed E-state index contributed by atoms with van der Waals surface area (Å²) >= 11 is 1.55. The molecule has 8 heteroatoms. The third-order valence-corrected chi connectivity index (χ3v) is 7.67.